The second-order valence-electron chi connectivity index (χ2n) is 5.62. The number of nitrogens with two attached hydrogens (primary N) is 1. The first-order valence-corrected chi connectivity index (χ1v) is 7.51. The van der Waals surface area contributed by atoms with Crippen LogP contribution in [0.15, 0.2) is 24.3 Å². The van der Waals surface area contributed by atoms with E-state index in [2.05, 4.69) is 6.07 Å². The van der Waals surface area contributed by atoms with E-state index in [1.807, 2.05) is 23.1 Å². The molecule has 2 N–H and O–H groups in total. The quantitative estimate of drug-likeness (QED) is 0.892. The van der Waals surface area contributed by atoms with Gasteiger partial charge in [-0.2, -0.15) is 0 Å². The van der Waals surface area contributed by atoms with E-state index in [0.717, 1.165) is 37.8 Å². The highest BCUT2D eigenvalue weighted by Crippen LogP contribution is 2.30. The van der Waals surface area contributed by atoms with Crippen molar-refractivity contribution >= 4 is 5.91 Å². The molecule has 1 aromatic rings. The van der Waals surface area contributed by atoms with Gasteiger partial charge >= 0.3 is 0 Å². The Balaban J connectivity index is 1.84. The van der Waals surface area contributed by atoms with Crippen molar-refractivity contribution in [2.75, 3.05) is 19.7 Å². The lowest BCUT2D eigenvalue weighted by Crippen LogP contribution is -2.50. The van der Waals surface area contributed by atoms with Crippen molar-refractivity contribution in [2.24, 2.45) is 5.73 Å². The van der Waals surface area contributed by atoms with E-state index >= 15 is 0 Å². The average molecular weight is 274 g/mol. The summed E-state index contributed by atoms with van der Waals surface area (Å²) in [5.41, 5.74) is 8.09. The topological polar surface area (TPSA) is 55.6 Å². The van der Waals surface area contributed by atoms with Gasteiger partial charge in [-0.3, -0.25) is 4.79 Å². The van der Waals surface area contributed by atoms with Gasteiger partial charge in [0.1, 0.15) is 0 Å². The predicted molar refractivity (Wildman–Crippen MR) is 77.2 cm³/mol. The van der Waals surface area contributed by atoms with Crippen LogP contribution in [0.5, 0.6) is 0 Å². The molecule has 2 unspecified atom stereocenters. The number of benzene rings is 1. The summed E-state index contributed by atoms with van der Waals surface area (Å²) in [6, 6.07) is 8.28. The summed E-state index contributed by atoms with van der Waals surface area (Å²) >= 11 is 0. The maximum absolute atomic E-state index is 12.8. The van der Waals surface area contributed by atoms with Gasteiger partial charge in [0.15, 0.2) is 6.10 Å². The first-order chi connectivity index (χ1) is 9.81. The molecule has 108 valence electrons. The number of rotatable bonds is 2. The summed E-state index contributed by atoms with van der Waals surface area (Å²) in [6.45, 7) is 1.97. The zero-order valence-electron chi connectivity index (χ0n) is 11.8. The van der Waals surface area contributed by atoms with Crippen LogP contribution in [0, 0.1) is 0 Å². The van der Waals surface area contributed by atoms with Crippen LogP contribution < -0.4 is 5.73 Å². The molecule has 3 rings (SSSR count). The van der Waals surface area contributed by atoms with Crippen molar-refractivity contribution in [2.45, 2.75) is 37.8 Å². The highest BCUT2D eigenvalue weighted by molar-refractivity contribution is 5.83. The van der Waals surface area contributed by atoms with Gasteiger partial charge in [0.25, 0.3) is 5.91 Å². The third-order valence-corrected chi connectivity index (χ3v) is 4.40. The third kappa shape index (κ3) is 2.45. The summed E-state index contributed by atoms with van der Waals surface area (Å²) in [4.78, 5) is 14.8. The lowest BCUT2D eigenvalue weighted by molar-refractivity contribution is -0.148. The Morgan fingerprint density at radius 1 is 1.35 bits per heavy atom. The summed E-state index contributed by atoms with van der Waals surface area (Å²) in [5, 5.41) is 0. The minimum Gasteiger partial charge on any atom is -0.363 e. The number of amides is 1. The SMILES string of the molecule is NCC1CCCCN1C(=O)C1OCCc2ccccc21. The second-order valence-corrected chi connectivity index (χ2v) is 5.62. The molecule has 1 saturated heterocycles. The van der Waals surface area contributed by atoms with Crippen LogP contribution in [0.3, 0.4) is 0 Å². The molecule has 0 spiro atoms. The third-order valence-electron chi connectivity index (χ3n) is 4.40. The van der Waals surface area contributed by atoms with Crippen molar-refractivity contribution < 1.29 is 9.53 Å². The molecule has 4 heteroatoms. The summed E-state index contributed by atoms with van der Waals surface area (Å²) in [7, 11) is 0. The standard InChI is InChI=1S/C16H22N2O2/c17-11-13-6-3-4-9-18(13)16(19)15-14-7-2-1-5-12(14)8-10-20-15/h1-2,5,7,13,15H,3-4,6,8-11,17H2. The van der Waals surface area contributed by atoms with Crippen molar-refractivity contribution in [3.05, 3.63) is 35.4 Å². The average Bonchev–Trinajstić information content (AvgIpc) is 2.53. The van der Waals surface area contributed by atoms with Gasteiger partial charge in [-0.1, -0.05) is 24.3 Å². The number of carbonyl (C=O) groups excluding carboxylic acids is 1. The highest BCUT2D eigenvalue weighted by atomic mass is 16.5. The van der Waals surface area contributed by atoms with Crippen LogP contribution in [0.1, 0.15) is 36.5 Å². The molecule has 2 atom stereocenters. The van der Waals surface area contributed by atoms with Crippen molar-refractivity contribution in [3.63, 3.8) is 0 Å². The molecule has 20 heavy (non-hydrogen) atoms. The monoisotopic (exact) mass is 274 g/mol. The maximum Gasteiger partial charge on any atom is 0.256 e. The molecule has 2 aliphatic heterocycles. The molecular weight excluding hydrogens is 252 g/mol. The molecule has 0 aliphatic carbocycles. The Kier molecular flexibility index (Phi) is 4.03. The van der Waals surface area contributed by atoms with Gasteiger partial charge in [0.05, 0.1) is 6.61 Å². The van der Waals surface area contributed by atoms with Gasteiger partial charge in [0.2, 0.25) is 0 Å². The van der Waals surface area contributed by atoms with Crippen LogP contribution in [0.25, 0.3) is 0 Å². The minimum atomic E-state index is -0.438. The smallest absolute Gasteiger partial charge is 0.256 e. The summed E-state index contributed by atoms with van der Waals surface area (Å²) < 4.78 is 5.78. The molecule has 1 aromatic carbocycles. The second kappa shape index (κ2) is 5.94. The molecule has 0 radical (unpaired) electrons. The number of hydrogen-bond donors (Lipinski definition) is 1. The molecular formula is C16H22N2O2. The number of nitrogens with zero attached hydrogens (tertiary/aromatic N) is 1. The number of likely N-dealkylation sites (tertiary alicyclic amines) is 1. The number of piperidine rings is 1. The number of carbonyl (C=O) groups is 1. The molecule has 2 aliphatic rings. The minimum absolute atomic E-state index is 0.0901. The van der Waals surface area contributed by atoms with Gasteiger partial charge in [0, 0.05) is 19.1 Å². The number of hydrogen-bond acceptors (Lipinski definition) is 3. The molecule has 0 saturated carbocycles. The van der Waals surface area contributed by atoms with E-state index in [4.69, 9.17) is 10.5 Å². The molecule has 0 bridgehead atoms. The van der Waals surface area contributed by atoms with Gasteiger partial charge in [-0.25, -0.2) is 0 Å². The predicted octanol–water partition coefficient (Wildman–Crippen LogP) is 1.64. The molecule has 1 amide bonds. The zero-order chi connectivity index (χ0) is 13.9. The van der Waals surface area contributed by atoms with E-state index in [9.17, 15) is 4.79 Å². The summed E-state index contributed by atoms with van der Waals surface area (Å²) in [6.07, 6.45) is 3.69. The molecule has 2 heterocycles. The first kappa shape index (κ1) is 13.6. The zero-order valence-corrected chi connectivity index (χ0v) is 11.8. The fraction of sp³-hybridized carbons (Fsp3) is 0.562. The highest BCUT2D eigenvalue weighted by Gasteiger charge is 2.34. The lowest BCUT2D eigenvalue weighted by atomic mass is 9.95. The Morgan fingerprint density at radius 2 is 2.20 bits per heavy atom. The van der Waals surface area contributed by atoms with Gasteiger partial charge < -0.3 is 15.4 Å². The maximum atomic E-state index is 12.8. The Bertz CT molecular complexity index is 489. The van der Waals surface area contributed by atoms with Gasteiger partial charge in [-0.05, 0) is 36.8 Å². The fourth-order valence-corrected chi connectivity index (χ4v) is 3.28. The largest absolute Gasteiger partial charge is 0.363 e. The van der Waals surface area contributed by atoms with Crippen LogP contribution in [0.4, 0.5) is 0 Å². The Hall–Kier alpha value is -1.39. The van der Waals surface area contributed by atoms with Crippen molar-refractivity contribution in [1.29, 1.82) is 0 Å². The van der Waals surface area contributed by atoms with E-state index < -0.39 is 6.10 Å². The normalized spacial score (nSPS) is 26.1. The van der Waals surface area contributed by atoms with E-state index in [1.165, 1.54) is 5.56 Å². The van der Waals surface area contributed by atoms with Crippen molar-refractivity contribution in [1.82, 2.24) is 4.90 Å². The fourth-order valence-electron chi connectivity index (χ4n) is 3.28. The molecule has 1 fully saturated rings. The van der Waals surface area contributed by atoms with Crippen LogP contribution >= 0.6 is 0 Å². The Morgan fingerprint density at radius 3 is 3.05 bits per heavy atom. The van der Waals surface area contributed by atoms with E-state index in [-0.39, 0.29) is 11.9 Å². The first-order valence-electron chi connectivity index (χ1n) is 7.51. The summed E-state index contributed by atoms with van der Waals surface area (Å²) in [5.74, 6) is 0.0901. The van der Waals surface area contributed by atoms with Crippen LogP contribution in [0.2, 0.25) is 0 Å². The van der Waals surface area contributed by atoms with Crippen LogP contribution in [-0.4, -0.2) is 36.5 Å². The van der Waals surface area contributed by atoms with Crippen LogP contribution in [-0.2, 0) is 16.0 Å². The van der Waals surface area contributed by atoms with Gasteiger partial charge in [-0.15, -0.1) is 0 Å². The lowest BCUT2D eigenvalue weighted by Gasteiger charge is -2.38. The molecule has 0 aromatic heterocycles. The van der Waals surface area contributed by atoms with E-state index in [1.54, 1.807) is 0 Å². The number of ether oxygens (including phenoxy) is 1. The van der Waals surface area contributed by atoms with Crippen molar-refractivity contribution in [3.8, 4) is 0 Å². The number of fused-ring (bicyclic) bond motifs is 1. The Labute approximate surface area is 119 Å². The molecule has 4 nitrogen and oxygen atoms in total. The van der Waals surface area contributed by atoms with E-state index in [0.29, 0.717) is 13.2 Å².